The molecule has 1 aromatic carbocycles. The van der Waals surface area contributed by atoms with Crippen LogP contribution in [-0.2, 0) is 4.79 Å². The summed E-state index contributed by atoms with van der Waals surface area (Å²) >= 11 is 0. The third-order valence-electron chi connectivity index (χ3n) is 2.12. The molecule has 0 saturated carbocycles. The fourth-order valence-electron chi connectivity index (χ4n) is 1.16. The SMILES string of the molecule is CC(NC(=O)c1cccc(C(F)F)c1)C(=O)O. The summed E-state index contributed by atoms with van der Waals surface area (Å²) in [6.07, 6.45) is -2.67. The van der Waals surface area contributed by atoms with Crippen LogP contribution in [0.5, 0.6) is 0 Å². The first-order valence-electron chi connectivity index (χ1n) is 4.83. The maximum atomic E-state index is 12.4. The number of hydrogen-bond donors (Lipinski definition) is 2. The minimum absolute atomic E-state index is 0.0101. The minimum Gasteiger partial charge on any atom is -0.480 e. The van der Waals surface area contributed by atoms with Gasteiger partial charge in [-0.05, 0) is 19.1 Å². The normalized spacial score (nSPS) is 12.2. The van der Waals surface area contributed by atoms with E-state index in [0.717, 1.165) is 6.07 Å². The van der Waals surface area contributed by atoms with Crippen molar-refractivity contribution in [1.82, 2.24) is 5.32 Å². The van der Waals surface area contributed by atoms with Gasteiger partial charge in [-0.25, -0.2) is 8.78 Å². The molecule has 92 valence electrons. The molecule has 17 heavy (non-hydrogen) atoms. The van der Waals surface area contributed by atoms with Gasteiger partial charge in [-0.1, -0.05) is 12.1 Å². The van der Waals surface area contributed by atoms with E-state index in [1.807, 2.05) is 0 Å². The molecule has 6 heteroatoms. The topological polar surface area (TPSA) is 66.4 Å². The Hall–Kier alpha value is -1.98. The fraction of sp³-hybridized carbons (Fsp3) is 0.273. The van der Waals surface area contributed by atoms with Gasteiger partial charge in [-0.15, -0.1) is 0 Å². The Kier molecular flexibility index (Phi) is 4.14. The Morgan fingerprint density at radius 1 is 1.35 bits per heavy atom. The van der Waals surface area contributed by atoms with E-state index in [9.17, 15) is 18.4 Å². The van der Waals surface area contributed by atoms with Crippen molar-refractivity contribution in [1.29, 1.82) is 0 Å². The van der Waals surface area contributed by atoms with Gasteiger partial charge in [-0.3, -0.25) is 9.59 Å². The van der Waals surface area contributed by atoms with Gasteiger partial charge in [0.1, 0.15) is 6.04 Å². The van der Waals surface area contributed by atoms with Gasteiger partial charge in [-0.2, -0.15) is 0 Å². The average molecular weight is 243 g/mol. The highest BCUT2D eigenvalue weighted by molar-refractivity contribution is 5.96. The quantitative estimate of drug-likeness (QED) is 0.847. The molecule has 1 aromatic rings. The smallest absolute Gasteiger partial charge is 0.325 e. The molecule has 0 saturated heterocycles. The van der Waals surface area contributed by atoms with Gasteiger partial charge in [0.2, 0.25) is 0 Å². The third-order valence-corrected chi connectivity index (χ3v) is 2.12. The fourth-order valence-corrected chi connectivity index (χ4v) is 1.16. The van der Waals surface area contributed by atoms with E-state index in [1.165, 1.54) is 25.1 Å². The lowest BCUT2D eigenvalue weighted by atomic mass is 10.1. The van der Waals surface area contributed by atoms with Crippen LogP contribution in [0.25, 0.3) is 0 Å². The lowest BCUT2D eigenvalue weighted by Gasteiger charge is -2.09. The van der Waals surface area contributed by atoms with E-state index in [2.05, 4.69) is 5.32 Å². The van der Waals surface area contributed by atoms with Crippen molar-refractivity contribution < 1.29 is 23.5 Å². The van der Waals surface area contributed by atoms with Crippen LogP contribution in [0.2, 0.25) is 0 Å². The molecule has 2 N–H and O–H groups in total. The molecule has 0 aliphatic rings. The molecule has 0 heterocycles. The molecule has 0 aromatic heterocycles. The first-order chi connectivity index (χ1) is 7.91. The molecule has 0 fully saturated rings. The van der Waals surface area contributed by atoms with E-state index < -0.39 is 24.3 Å². The largest absolute Gasteiger partial charge is 0.480 e. The molecule has 1 amide bonds. The van der Waals surface area contributed by atoms with E-state index in [1.54, 1.807) is 0 Å². The summed E-state index contributed by atoms with van der Waals surface area (Å²) in [4.78, 5) is 22.0. The molecule has 1 atom stereocenters. The number of carbonyl (C=O) groups excluding carboxylic acids is 1. The monoisotopic (exact) mass is 243 g/mol. The summed E-state index contributed by atoms with van der Waals surface area (Å²) in [5.41, 5.74) is -0.267. The highest BCUT2D eigenvalue weighted by Gasteiger charge is 2.16. The van der Waals surface area contributed by atoms with Gasteiger partial charge >= 0.3 is 5.97 Å². The van der Waals surface area contributed by atoms with Crippen LogP contribution in [0, 0.1) is 0 Å². The van der Waals surface area contributed by atoms with E-state index in [4.69, 9.17) is 5.11 Å². The van der Waals surface area contributed by atoms with Crippen molar-refractivity contribution in [2.24, 2.45) is 0 Å². The Morgan fingerprint density at radius 2 is 2.00 bits per heavy atom. The van der Waals surface area contributed by atoms with Crippen LogP contribution in [0.1, 0.15) is 29.3 Å². The lowest BCUT2D eigenvalue weighted by Crippen LogP contribution is -2.38. The molecule has 0 radical (unpaired) electrons. The second-order valence-corrected chi connectivity index (χ2v) is 3.46. The van der Waals surface area contributed by atoms with Gasteiger partial charge in [0.15, 0.2) is 0 Å². The number of halogens is 2. The lowest BCUT2D eigenvalue weighted by molar-refractivity contribution is -0.138. The van der Waals surface area contributed by atoms with Crippen molar-refractivity contribution in [3.05, 3.63) is 35.4 Å². The summed E-state index contributed by atoms with van der Waals surface area (Å²) in [5.74, 6) is -1.88. The standard InChI is InChI=1S/C11H11F2NO3/c1-6(11(16)17)14-10(15)8-4-2-3-7(5-8)9(12)13/h2-6,9H,1H3,(H,14,15)(H,16,17). The van der Waals surface area contributed by atoms with E-state index in [0.29, 0.717) is 0 Å². The number of aliphatic carboxylic acids is 1. The Bertz CT molecular complexity index is 434. The number of rotatable bonds is 4. The van der Waals surface area contributed by atoms with Crippen LogP contribution >= 0.6 is 0 Å². The van der Waals surface area contributed by atoms with Gasteiger partial charge in [0.25, 0.3) is 12.3 Å². The summed E-state index contributed by atoms with van der Waals surface area (Å²) < 4.78 is 24.8. The number of benzene rings is 1. The molecule has 1 unspecified atom stereocenters. The van der Waals surface area contributed by atoms with Crippen molar-refractivity contribution in [3.63, 3.8) is 0 Å². The van der Waals surface area contributed by atoms with Crippen LogP contribution in [-0.4, -0.2) is 23.0 Å². The molecule has 0 aliphatic heterocycles. The molecule has 0 spiro atoms. The highest BCUT2D eigenvalue weighted by atomic mass is 19.3. The second-order valence-electron chi connectivity index (χ2n) is 3.46. The molecule has 0 bridgehead atoms. The number of amides is 1. The molecule has 1 rings (SSSR count). The number of alkyl halides is 2. The van der Waals surface area contributed by atoms with Crippen molar-refractivity contribution in [3.8, 4) is 0 Å². The summed E-state index contributed by atoms with van der Waals surface area (Å²) in [6.45, 7) is 1.29. The van der Waals surface area contributed by atoms with Gasteiger partial charge in [0, 0.05) is 11.1 Å². The van der Waals surface area contributed by atoms with Gasteiger partial charge < -0.3 is 10.4 Å². The Labute approximate surface area is 96.3 Å². The zero-order valence-corrected chi connectivity index (χ0v) is 8.98. The molecule has 0 aliphatic carbocycles. The first kappa shape index (κ1) is 13.1. The predicted molar refractivity (Wildman–Crippen MR) is 56.0 cm³/mol. The summed E-state index contributed by atoms with van der Waals surface area (Å²) in [6, 6.07) is 3.83. The number of carbonyl (C=O) groups is 2. The maximum Gasteiger partial charge on any atom is 0.325 e. The van der Waals surface area contributed by atoms with Crippen LogP contribution in [0.3, 0.4) is 0 Å². The van der Waals surface area contributed by atoms with Gasteiger partial charge in [0.05, 0.1) is 0 Å². The number of carboxylic acid groups (broad SMARTS) is 1. The predicted octanol–water partition coefficient (Wildman–Crippen LogP) is 1.83. The zero-order chi connectivity index (χ0) is 13.0. The van der Waals surface area contributed by atoms with Crippen LogP contribution in [0.15, 0.2) is 24.3 Å². The first-order valence-corrected chi connectivity index (χ1v) is 4.83. The van der Waals surface area contributed by atoms with Crippen LogP contribution in [0.4, 0.5) is 8.78 Å². The van der Waals surface area contributed by atoms with E-state index in [-0.39, 0.29) is 11.1 Å². The number of hydrogen-bond acceptors (Lipinski definition) is 2. The van der Waals surface area contributed by atoms with E-state index >= 15 is 0 Å². The summed E-state index contributed by atoms with van der Waals surface area (Å²) in [5, 5.41) is 10.8. The summed E-state index contributed by atoms with van der Waals surface area (Å²) in [7, 11) is 0. The van der Waals surface area contributed by atoms with Crippen LogP contribution < -0.4 is 5.32 Å². The number of carboxylic acids is 1. The number of nitrogens with one attached hydrogen (secondary N) is 1. The highest BCUT2D eigenvalue weighted by Crippen LogP contribution is 2.19. The van der Waals surface area contributed by atoms with Crippen molar-refractivity contribution in [2.45, 2.75) is 19.4 Å². The molecular formula is C11H11F2NO3. The zero-order valence-electron chi connectivity index (χ0n) is 8.98. The average Bonchev–Trinajstić information content (AvgIpc) is 2.28. The minimum atomic E-state index is -2.67. The van der Waals surface area contributed by atoms with Crippen molar-refractivity contribution in [2.75, 3.05) is 0 Å². The second kappa shape index (κ2) is 5.38. The Balaban J connectivity index is 2.82. The molecule has 4 nitrogen and oxygen atoms in total. The third kappa shape index (κ3) is 3.51. The van der Waals surface area contributed by atoms with Crippen molar-refractivity contribution >= 4 is 11.9 Å². The Morgan fingerprint density at radius 3 is 2.53 bits per heavy atom. The molecular weight excluding hydrogens is 232 g/mol. The maximum absolute atomic E-state index is 12.4.